The molecule has 0 amide bonds. The summed E-state index contributed by atoms with van der Waals surface area (Å²) in [5, 5.41) is 10.7. The molecule has 1 aliphatic rings. The van der Waals surface area contributed by atoms with Gasteiger partial charge in [-0.3, -0.25) is 4.90 Å². The average molecular weight is 340 g/mol. The summed E-state index contributed by atoms with van der Waals surface area (Å²) in [6.45, 7) is 1.53. The van der Waals surface area contributed by atoms with Crippen molar-refractivity contribution in [3.05, 3.63) is 41.7 Å². The van der Waals surface area contributed by atoms with Crippen LogP contribution in [-0.4, -0.2) is 62.9 Å². The van der Waals surface area contributed by atoms with Gasteiger partial charge >= 0.3 is 6.18 Å². The highest BCUT2D eigenvalue weighted by Crippen LogP contribution is 2.26. The van der Waals surface area contributed by atoms with Gasteiger partial charge in [0.15, 0.2) is 5.82 Å². The number of rotatable bonds is 4. The van der Waals surface area contributed by atoms with E-state index in [2.05, 4.69) is 25.3 Å². The summed E-state index contributed by atoms with van der Waals surface area (Å²) in [4.78, 5) is 4.35. The molecule has 0 spiro atoms. The van der Waals surface area contributed by atoms with E-state index in [1.54, 1.807) is 0 Å². The van der Waals surface area contributed by atoms with Crippen LogP contribution in [0.5, 0.6) is 0 Å². The van der Waals surface area contributed by atoms with Crippen LogP contribution in [-0.2, 0) is 13.1 Å². The highest BCUT2D eigenvalue weighted by atomic mass is 19.4. The van der Waals surface area contributed by atoms with Crippen LogP contribution in [0.4, 0.5) is 13.2 Å². The second-order valence-electron chi connectivity index (χ2n) is 6.03. The highest BCUT2D eigenvalue weighted by molar-refractivity contribution is 5.20. The van der Waals surface area contributed by atoms with Crippen molar-refractivity contribution in [2.75, 3.05) is 26.7 Å². The second kappa shape index (κ2) is 6.86. The fourth-order valence-corrected chi connectivity index (χ4v) is 2.95. The van der Waals surface area contributed by atoms with Gasteiger partial charge in [-0.15, -0.1) is 5.10 Å². The zero-order valence-corrected chi connectivity index (χ0v) is 13.3. The van der Waals surface area contributed by atoms with E-state index in [1.165, 1.54) is 0 Å². The molecule has 9 heteroatoms. The Kier molecular flexibility index (Phi) is 4.81. The van der Waals surface area contributed by atoms with Crippen LogP contribution >= 0.6 is 0 Å². The Morgan fingerprint density at radius 2 is 1.92 bits per heavy atom. The first-order chi connectivity index (χ1) is 11.4. The van der Waals surface area contributed by atoms with E-state index >= 15 is 0 Å². The molecule has 3 rings (SSSR count). The van der Waals surface area contributed by atoms with Gasteiger partial charge in [-0.05, 0) is 23.0 Å². The molecule has 0 N–H and O–H groups in total. The average Bonchev–Trinajstić information content (AvgIpc) is 2.95. The van der Waals surface area contributed by atoms with Gasteiger partial charge in [0.2, 0.25) is 0 Å². The molecule has 24 heavy (non-hydrogen) atoms. The minimum atomic E-state index is -4.34. The SMILES string of the molecule is CN1CCN(Cc2nnnn2CC(F)(F)F)[C@H](c2ccccc2)C1. The minimum absolute atomic E-state index is 0.0981. The Bertz CT molecular complexity index is 657. The van der Waals surface area contributed by atoms with E-state index in [4.69, 9.17) is 0 Å². The van der Waals surface area contributed by atoms with Crippen LogP contribution in [0, 0.1) is 0 Å². The summed E-state index contributed by atoms with van der Waals surface area (Å²) in [5.74, 6) is 0.234. The first-order valence-electron chi connectivity index (χ1n) is 7.72. The lowest BCUT2D eigenvalue weighted by molar-refractivity contribution is -0.143. The molecular weight excluding hydrogens is 321 g/mol. The molecular formula is C15H19F3N6. The van der Waals surface area contributed by atoms with Crippen molar-refractivity contribution >= 4 is 0 Å². The molecule has 2 heterocycles. The number of hydrogen-bond acceptors (Lipinski definition) is 5. The number of piperazine rings is 1. The number of aromatic nitrogens is 4. The van der Waals surface area contributed by atoms with E-state index in [0.29, 0.717) is 0 Å². The minimum Gasteiger partial charge on any atom is -0.303 e. The molecule has 1 atom stereocenters. The zero-order chi connectivity index (χ0) is 17.2. The van der Waals surface area contributed by atoms with E-state index < -0.39 is 12.7 Å². The first-order valence-corrected chi connectivity index (χ1v) is 7.72. The Morgan fingerprint density at radius 1 is 1.17 bits per heavy atom. The number of tetrazole rings is 1. The second-order valence-corrected chi connectivity index (χ2v) is 6.03. The number of benzene rings is 1. The molecule has 0 bridgehead atoms. The Hall–Kier alpha value is -2.00. The van der Waals surface area contributed by atoms with Crippen LogP contribution in [0.2, 0.25) is 0 Å². The summed E-state index contributed by atoms with van der Waals surface area (Å²) in [5.41, 5.74) is 1.14. The molecule has 1 fully saturated rings. The molecule has 1 aliphatic heterocycles. The largest absolute Gasteiger partial charge is 0.408 e. The normalized spacial score (nSPS) is 20.4. The maximum Gasteiger partial charge on any atom is 0.408 e. The van der Waals surface area contributed by atoms with Crippen LogP contribution in [0.1, 0.15) is 17.4 Å². The number of nitrogens with zero attached hydrogens (tertiary/aromatic N) is 6. The molecule has 130 valence electrons. The lowest BCUT2D eigenvalue weighted by atomic mass is 10.0. The number of likely N-dealkylation sites (N-methyl/N-ethyl adjacent to an activating group) is 1. The predicted octanol–water partition coefficient (Wildman–Crippen LogP) is 1.72. The van der Waals surface area contributed by atoms with Crippen molar-refractivity contribution in [1.29, 1.82) is 0 Å². The quantitative estimate of drug-likeness (QED) is 0.848. The van der Waals surface area contributed by atoms with Crippen LogP contribution in [0.15, 0.2) is 30.3 Å². The highest BCUT2D eigenvalue weighted by Gasteiger charge is 2.32. The molecule has 0 radical (unpaired) electrons. The van der Waals surface area contributed by atoms with Crippen molar-refractivity contribution in [1.82, 2.24) is 30.0 Å². The first kappa shape index (κ1) is 16.8. The van der Waals surface area contributed by atoms with Gasteiger partial charge in [0.1, 0.15) is 6.54 Å². The third-order valence-corrected chi connectivity index (χ3v) is 4.16. The third kappa shape index (κ3) is 4.09. The predicted molar refractivity (Wildman–Crippen MR) is 81.0 cm³/mol. The third-order valence-electron chi connectivity index (χ3n) is 4.16. The van der Waals surface area contributed by atoms with Crippen molar-refractivity contribution in [3.8, 4) is 0 Å². The maximum absolute atomic E-state index is 12.6. The van der Waals surface area contributed by atoms with Crippen LogP contribution < -0.4 is 0 Å². The fourth-order valence-electron chi connectivity index (χ4n) is 2.95. The molecule has 1 aromatic heterocycles. The molecule has 2 aromatic rings. The number of hydrogen-bond donors (Lipinski definition) is 0. The van der Waals surface area contributed by atoms with Gasteiger partial charge in [-0.1, -0.05) is 30.3 Å². The lowest BCUT2D eigenvalue weighted by Gasteiger charge is -2.40. The number of halogens is 3. The van der Waals surface area contributed by atoms with Crippen molar-refractivity contribution in [2.24, 2.45) is 0 Å². The summed E-state index contributed by atoms with van der Waals surface area (Å²) in [7, 11) is 2.04. The smallest absolute Gasteiger partial charge is 0.303 e. The van der Waals surface area contributed by atoms with Gasteiger partial charge in [0.05, 0.1) is 6.54 Å². The molecule has 1 aromatic carbocycles. The Morgan fingerprint density at radius 3 is 2.62 bits per heavy atom. The van der Waals surface area contributed by atoms with E-state index in [1.807, 2.05) is 37.4 Å². The molecule has 0 unspecified atom stereocenters. The summed E-state index contributed by atoms with van der Waals surface area (Å²) in [6, 6.07) is 10.1. The van der Waals surface area contributed by atoms with Gasteiger partial charge < -0.3 is 4.90 Å². The van der Waals surface area contributed by atoms with E-state index in [-0.39, 0.29) is 18.4 Å². The summed E-state index contributed by atoms with van der Waals surface area (Å²) in [6.07, 6.45) is -4.34. The molecule has 1 saturated heterocycles. The summed E-state index contributed by atoms with van der Waals surface area (Å²) >= 11 is 0. The monoisotopic (exact) mass is 340 g/mol. The van der Waals surface area contributed by atoms with Crippen molar-refractivity contribution in [2.45, 2.75) is 25.3 Å². The topological polar surface area (TPSA) is 50.1 Å². The molecule has 0 aliphatic carbocycles. The molecule has 0 saturated carbocycles. The number of alkyl halides is 3. The standard InChI is InChI=1S/C15H19F3N6/c1-22-7-8-23(13(9-22)12-5-3-2-4-6-12)10-14-19-20-21-24(14)11-15(16,17)18/h2-6,13H,7-11H2,1H3/t13-/m0/s1. The van der Waals surface area contributed by atoms with Gasteiger partial charge in [-0.25, -0.2) is 4.68 Å². The van der Waals surface area contributed by atoms with Gasteiger partial charge in [-0.2, -0.15) is 13.2 Å². The van der Waals surface area contributed by atoms with E-state index in [9.17, 15) is 13.2 Å². The maximum atomic E-state index is 12.6. The lowest BCUT2D eigenvalue weighted by Crippen LogP contribution is -2.46. The fraction of sp³-hybridized carbons (Fsp3) is 0.533. The van der Waals surface area contributed by atoms with E-state index in [0.717, 1.165) is 29.9 Å². The van der Waals surface area contributed by atoms with Crippen LogP contribution in [0.25, 0.3) is 0 Å². The molecule has 6 nitrogen and oxygen atoms in total. The summed E-state index contributed by atoms with van der Waals surface area (Å²) < 4.78 is 38.7. The van der Waals surface area contributed by atoms with Crippen molar-refractivity contribution < 1.29 is 13.2 Å². The van der Waals surface area contributed by atoms with Crippen LogP contribution in [0.3, 0.4) is 0 Å². The van der Waals surface area contributed by atoms with Crippen molar-refractivity contribution in [3.63, 3.8) is 0 Å². The Balaban J connectivity index is 1.79. The Labute approximate surface area is 137 Å². The van der Waals surface area contributed by atoms with Gasteiger partial charge in [0.25, 0.3) is 0 Å². The van der Waals surface area contributed by atoms with Gasteiger partial charge in [0, 0.05) is 25.7 Å². The zero-order valence-electron chi connectivity index (χ0n) is 13.3.